The molecule has 0 spiro atoms. The highest BCUT2D eigenvalue weighted by Gasteiger charge is 2.19. The molecule has 0 aliphatic rings. The SMILES string of the molecule is CC(C)N(Cc1ccc(C#N)cc1)C(=O)CCc1nc(-c2ccsc2)no1. The summed E-state index contributed by atoms with van der Waals surface area (Å²) in [7, 11) is 0. The predicted molar refractivity (Wildman–Crippen MR) is 103 cm³/mol. The summed E-state index contributed by atoms with van der Waals surface area (Å²) < 4.78 is 5.27. The van der Waals surface area contributed by atoms with Crippen molar-refractivity contribution in [3.05, 3.63) is 58.1 Å². The number of aromatic nitrogens is 2. The summed E-state index contributed by atoms with van der Waals surface area (Å²) in [4.78, 5) is 18.9. The first-order valence-electron chi connectivity index (χ1n) is 8.70. The maximum atomic E-state index is 12.7. The van der Waals surface area contributed by atoms with Crippen LogP contribution in [0, 0.1) is 11.3 Å². The van der Waals surface area contributed by atoms with Gasteiger partial charge in [-0.1, -0.05) is 17.3 Å². The zero-order valence-electron chi connectivity index (χ0n) is 15.3. The maximum Gasteiger partial charge on any atom is 0.227 e. The van der Waals surface area contributed by atoms with E-state index in [4.69, 9.17) is 9.78 Å². The van der Waals surface area contributed by atoms with Crippen LogP contribution in [0.4, 0.5) is 0 Å². The molecule has 6 nitrogen and oxygen atoms in total. The summed E-state index contributed by atoms with van der Waals surface area (Å²) in [5, 5.41) is 16.8. The van der Waals surface area contributed by atoms with E-state index in [-0.39, 0.29) is 11.9 Å². The summed E-state index contributed by atoms with van der Waals surface area (Å²) in [5.41, 5.74) is 2.53. The third-order valence-electron chi connectivity index (χ3n) is 4.18. The van der Waals surface area contributed by atoms with E-state index in [1.54, 1.807) is 23.5 Å². The monoisotopic (exact) mass is 380 g/mol. The Labute approximate surface area is 162 Å². The lowest BCUT2D eigenvalue weighted by atomic mass is 10.1. The van der Waals surface area contributed by atoms with Gasteiger partial charge in [-0.2, -0.15) is 21.6 Å². The van der Waals surface area contributed by atoms with Crippen molar-refractivity contribution in [2.24, 2.45) is 0 Å². The minimum atomic E-state index is 0.0321. The molecule has 2 aromatic heterocycles. The zero-order valence-corrected chi connectivity index (χ0v) is 16.1. The van der Waals surface area contributed by atoms with Crippen LogP contribution in [0.1, 0.15) is 37.3 Å². The molecule has 2 heterocycles. The van der Waals surface area contributed by atoms with Crippen molar-refractivity contribution in [2.75, 3.05) is 0 Å². The Bertz CT molecular complexity index is 924. The molecule has 0 aliphatic heterocycles. The first-order chi connectivity index (χ1) is 13.1. The third kappa shape index (κ3) is 4.80. The number of nitriles is 1. The Hall–Kier alpha value is -2.98. The lowest BCUT2D eigenvalue weighted by Crippen LogP contribution is -2.36. The van der Waals surface area contributed by atoms with Crippen LogP contribution in [0.5, 0.6) is 0 Å². The average Bonchev–Trinajstić information content (AvgIpc) is 3.35. The molecule has 1 aromatic carbocycles. The Balaban J connectivity index is 1.61. The van der Waals surface area contributed by atoms with Crippen LogP contribution in [-0.4, -0.2) is 27.0 Å². The molecular formula is C20H20N4O2S. The first kappa shape index (κ1) is 18.8. The molecule has 7 heteroatoms. The van der Waals surface area contributed by atoms with E-state index in [1.807, 2.05) is 47.7 Å². The van der Waals surface area contributed by atoms with E-state index in [0.29, 0.717) is 36.7 Å². The number of nitrogens with zero attached hydrogens (tertiary/aromatic N) is 4. The summed E-state index contributed by atoms with van der Waals surface area (Å²) in [6, 6.07) is 11.4. The number of aryl methyl sites for hydroxylation is 1. The van der Waals surface area contributed by atoms with Gasteiger partial charge in [-0.15, -0.1) is 0 Å². The molecule has 0 saturated heterocycles. The molecule has 0 bridgehead atoms. The van der Waals surface area contributed by atoms with Crippen molar-refractivity contribution >= 4 is 17.2 Å². The molecule has 0 atom stereocenters. The Morgan fingerprint density at radius 1 is 1.30 bits per heavy atom. The summed E-state index contributed by atoms with van der Waals surface area (Å²) >= 11 is 1.57. The van der Waals surface area contributed by atoms with Crippen molar-refractivity contribution in [1.82, 2.24) is 15.0 Å². The number of amides is 1. The van der Waals surface area contributed by atoms with Gasteiger partial charge in [0.2, 0.25) is 17.6 Å². The molecule has 3 rings (SSSR count). The van der Waals surface area contributed by atoms with Gasteiger partial charge in [0.1, 0.15) is 0 Å². The van der Waals surface area contributed by atoms with Crippen LogP contribution >= 0.6 is 11.3 Å². The Morgan fingerprint density at radius 3 is 2.70 bits per heavy atom. The van der Waals surface area contributed by atoms with Crippen molar-refractivity contribution in [2.45, 2.75) is 39.3 Å². The second-order valence-corrected chi connectivity index (χ2v) is 7.23. The molecule has 0 N–H and O–H groups in total. The molecule has 3 aromatic rings. The first-order valence-corrected chi connectivity index (χ1v) is 9.64. The number of hydrogen-bond donors (Lipinski definition) is 0. The number of thiophene rings is 1. The van der Waals surface area contributed by atoms with Crippen LogP contribution in [0.2, 0.25) is 0 Å². The highest BCUT2D eigenvalue weighted by molar-refractivity contribution is 7.08. The topological polar surface area (TPSA) is 83.0 Å². The second kappa shape index (κ2) is 8.60. The largest absolute Gasteiger partial charge is 0.339 e. The van der Waals surface area contributed by atoms with Crippen LogP contribution in [-0.2, 0) is 17.8 Å². The van der Waals surface area contributed by atoms with Crippen molar-refractivity contribution < 1.29 is 9.32 Å². The Kier molecular flexibility index (Phi) is 5.99. The van der Waals surface area contributed by atoms with E-state index >= 15 is 0 Å². The lowest BCUT2D eigenvalue weighted by molar-refractivity contribution is -0.133. The van der Waals surface area contributed by atoms with Crippen LogP contribution in [0.3, 0.4) is 0 Å². The minimum Gasteiger partial charge on any atom is -0.339 e. The predicted octanol–water partition coefficient (Wildman–Crippen LogP) is 4.04. The fourth-order valence-electron chi connectivity index (χ4n) is 2.66. The number of benzene rings is 1. The summed E-state index contributed by atoms with van der Waals surface area (Å²) in [5.74, 6) is 1.05. The second-order valence-electron chi connectivity index (χ2n) is 6.45. The van der Waals surface area contributed by atoms with Crippen LogP contribution < -0.4 is 0 Å². The standard InChI is InChI=1S/C20H20N4O2S/c1-14(2)24(12-16-5-3-15(11-21)4-6-16)19(25)8-7-18-22-20(23-26-18)17-9-10-27-13-17/h3-6,9-10,13-14H,7-8,12H2,1-2H3. The quantitative estimate of drug-likeness (QED) is 0.618. The molecule has 0 aliphatic carbocycles. The van der Waals surface area contributed by atoms with E-state index < -0.39 is 0 Å². The van der Waals surface area contributed by atoms with Gasteiger partial charge in [0, 0.05) is 36.4 Å². The normalized spacial score (nSPS) is 10.7. The van der Waals surface area contributed by atoms with Gasteiger partial charge in [0.25, 0.3) is 0 Å². The number of carbonyl (C=O) groups excluding carboxylic acids is 1. The molecule has 0 fully saturated rings. The fraction of sp³-hybridized carbons (Fsp3) is 0.300. The summed E-state index contributed by atoms with van der Waals surface area (Å²) in [6.07, 6.45) is 0.715. The number of rotatable bonds is 7. The van der Waals surface area contributed by atoms with Crippen molar-refractivity contribution in [1.29, 1.82) is 5.26 Å². The number of hydrogen-bond acceptors (Lipinski definition) is 6. The van der Waals surface area contributed by atoms with Gasteiger partial charge in [-0.25, -0.2) is 0 Å². The van der Waals surface area contributed by atoms with Gasteiger partial charge in [-0.3, -0.25) is 4.79 Å². The molecule has 1 amide bonds. The van der Waals surface area contributed by atoms with Gasteiger partial charge < -0.3 is 9.42 Å². The summed E-state index contributed by atoms with van der Waals surface area (Å²) in [6.45, 7) is 4.48. The van der Waals surface area contributed by atoms with Gasteiger partial charge >= 0.3 is 0 Å². The molecule has 0 saturated carbocycles. The third-order valence-corrected chi connectivity index (χ3v) is 4.86. The van der Waals surface area contributed by atoms with Gasteiger partial charge in [-0.05, 0) is 43.0 Å². The fourth-order valence-corrected chi connectivity index (χ4v) is 3.30. The lowest BCUT2D eigenvalue weighted by Gasteiger charge is -2.27. The molecule has 27 heavy (non-hydrogen) atoms. The molecule has 138 valence electrons. The van der Waals surface area contributed by atoms with Crippen molar-refractivity contribution in [3.63, 3.8) is 0 Å². The van der Waals surface area contributed by atoms with E-state index in [1.165, 1.54) is 0 Å². The number of carbonyl (C=O) groups is 1. The molecular weight excluding hydrogens is 360 g/mol. The molecule has 0 radical (unpaired) electrons. The highest BCUT2D eigenvalue weighted by atomic mass is 32.1. The maximum absolute atomic E-state index is 12.7. The zero-order chi connectivity index (χ0) is 19.2. The highest BCUT2D eigenvalue weighted by Crippen LogP contribution is 2.19. The van der Waals surface area contributed by atoms with Crippen LogP contribution in [0.25, 0.3) is 11.4 Å². The van der Waals surface area contributed by atoms with E-state index in [2.05, 4.69) is 16.2 Å². The smallest absolute Gasteiger partial charge is 0.227 e. The van der Waals surface area contributed by atoms with Gasteiger partial charge in [0.05, 0.1) is 11.6 Å². The van der Waals surface area contributed by atoms with E-state index in [9.17, 15) is 4.79 Å². The van der Waals surface area contributed by atoms with Crippen LogP contribution in [0.15, 0.2) is 45.6 Å². The van der Waals surface area contributed by atoms with E-state index in [0.717, 1.165) is 11.1 Å². The van der Waals surface area contributed by atoms with Gasteiger partial charge in [0.15, 0.2) is 0 Å². The average molecular weight is 380 g/mol. The molecule has 0 unspecified atom stereocenters. The van der Waals surface area contributed by atoms with Crippen molar-refractivity contribution in [3.8, 4) is 17.5 Å². The minimum absolute atomic E-state index is 0.0321. The Morgan fingerprint density at radius 2 is 2.07 bits per heavy atom.